The van der Waals surface area contributed by atoms with Gasteiger partial charge < -0.3 is 37.0 Å². The number of hydrogen-bond donors (Lipinski definition) is 1. The Balaban J connectivity index is -0.000000403. The molecule has 0 radical (unpaired) electrons. The summed E-state index contributed by atoms with van der Waals surface area (Å²) in [7, 11) is -12.5. The number of rotatable bonds is 25. The molecule has 0 aromatic heterocycles. The van der Waals surface area contributed by atoms with Crippen molar-refractivity contribution in [1.82, 2.24) is 0 Å². The van der Waals surface area contributed by atoms with E-state index in [9.17, 15) is 44.4 Å². The summed E-state index contributed by atoms with van der Waals surface area (Å²) in [5.74, 6) is -0.354. The van der Waals surface area contributed by atoms with E-state index < -0.39 is 57.9 Å². The molecular weight excluding hydrogens is 967 g/mol. The molecule has 0 fully saturated rings. The number of carbonyl (C=O) groups excluding carboxylic acids is 3. The summed E-state index contributed by atoms with van der Waals surface area (Å²) in [5, 5.41) is 8.38. The molecule has 0 aliphatic heterocycles. The minimum atomic E-state index is -6.10. The molecule has 0 saturated carbocycles. The van der Waals surface area contributed by atoms with E-state index in [-0.39, 0.29) is 72.0 Å². The van der Waals surface area contributed by atoms with Gasteiger partial charge in [-0.1, -0.05) is 46.8 Å². The minimum Gasteiger partial charge on any atom is -0.465 e. The van der Waals surface area contributed by atoms with Gasteiger partial charge in [-0.05, 0) is 136 Å². The molecule has 0 saturated heterocycles. The summed E-state index contributed by atoms with van der Waals surface area (Å²) >= 11 is 0. The van der Waals surface area contributed by atoms with Crippen LogP contribution in [0.5, 0.6) is 0 Å². The van der Waals surface area contributed by atoms with Crippen LogP contribution in [0.1, 0.15) is 120 Å². The number of alkyl halides is 3. The van der Waals surface area contributed by atoms with Crippen molar-refractivity contribution in [3.8, 4) is 0 Å². The predicted octanol–water partition coefficient (Wildman–Crippen LogP) is 7.12. The van der Waals surface area contributed by atoms with Gasteiger partial charge in [0.15, 0.2) is 26.7 Å². The fourth-order valence-electron chi connectivity index (χ4n) is 4.56. The molecule has 1 unspecified atom stereocenters. The first-order valence-electron chi connectivity index (χ1n) is 22.2. The second-order valence-corrected chi connectivity index (χ2v) is 31.4. The molecule has 1 N–H and O–H groups in total. The van der Waals surface area contributed by atoms with E-state index in [4.69, 9.17) is 32.9 Å². The second kappa shape index (κ2) is 33.2. The normalized spacial score (nSPS) is 12.9. The first kappa shape index (κ1) is 72.1. The molecule has 1 aromatic rings. The Labute approximate surface area is 425 Å². The fraction of sp³-hybridized carbons (Fsp3) is 0.795. The molecule has 0 amide bonds. The largest absolute Gasteiger partial charge is 1.00 e. The van der Waals surface area contributed by atoms with Crippen LogP contribution in [0.2, 0.25) is 38.8 Å². The maximum atomic E-state index is 12.1. The quantitative estimate of drug-likeness (QED) is 0.0448. The van der Waals surface area contributed by atoms with Crippen molar-refractivity contribution in [2.24, 2.45) is 16.2 Å². The fourth-order valence-corrected chi connectivity index (χ4v) is 14.8. The number of aliphatic hydroxyl groups is 1. The Kier molecular flexibility index (Phi) is 35.8. The van der Waals surface area contributed by atoms with Crippen LogP contribution in [0.4, 0.5) is 13.2 Å². The molecule has 67 heavy (non-hydrogen) atoms. The Bertz CT molecular complexity index is 1780. The summed E-state index contributed by atoms with van der Waals surface area (Å²) in [6.45, 7) is 34.5. The Hall–Kier alpha value is -1.45. The molecule has 23 heteroatoms. The number of halogens is 3. The summed E-state index contributed by atoms with van der Waals surface area (Å²) in [6, 6.07) is 5.95. The van der Waals surface area contributed by atoms with Gasteiger partial charge in [0.25, 0.3) is 0 Å². The van der Waals surface area contributed by atoms with Gasteiger partial charge >= 0.3 is 53.0 Å². The molecule has 0 aliphatic carbocycles. The summed E-state index contributed by atoms with van der Waals surface area (Å²) < 4.78 is 115. The molecule has 390 valence electrons. The maximum Gasteiger partial charge on any atom is 1.00 e. The molecule has 0 spiro atoms. The molecule has 0 aliphatic rings. The summed E-state index contributed by atoms with van der Waals surface area (Å²) in [5.41, 5.74) is -6.14. The second-order valence-electron chi connectivity index (χ2n) is 18.9. The zero-order valence-corrected chi connectivity index (χ0v) is 49.4. The minimum absolute atomic E-state index is 0. The number of nitrogens with zero attached hydrogens (tertiary/aromatic N) is 1. The molecule has 1 aromatic carbocycles. The van der Waals surface area contributed by atoms with Crippen LogP contribution in [0.3, 0.4) is 0 Å². The number of ether oxygens (including phenoxy) is 5. The van der Waals surface area contributed by atoms with Crippen molar-refractivity contribution in [2.45, 2.75) is 163 Å². The maximum absolute atomic E-state index is 12.1. The van der Waals surface area contributed by atoms with E-state index in [1.807, 2.05) is 80.3 Å². The van der Waals surface area contributed by atoms with Gasteiger partial charge in [0.1, 0.15) is 23.2 Å². The molecular formula is C44H83F3NNaO14S2Si2. The van der Waals surface area contributed by atoms with E-state index in [0.29, 0.717) is 33.0 Å². The van der Waals surface area contributed by atoms with Gasteiger partial charge in [-0.3, -0.25) is 14.4 Å². The third-order valence-electron chi connectivity index (χ3n) is 10.1. The van der Waals surface area contributed by atoms with E-state index in [1.165, 1.54) is 12.1 Å². The van der Waals surface area contributed by atoms with Crippen LogP contribution in [0.25, 0.3) is 4.13 Å². The monoisotopic (exact) mass is 1050 g/mol. The smallest absolute Gasteiger partial charge is 0.465 e. The van der Waals surface area contributed by atoms with E-state index >= 15 is 0 Å². The Morgan fingerprint density at radius 2 is 1.09 bits per heavy atom. The molecule has 1 atom stereocenters. The van der Waals surface area contributed by atoms with E-state index in [2.05, 4.69) is 32.7 Å². The third kappa shape index (κ3) is 32.2. The molecule has 1 rings (SSSR count). The van der Waals surface area contributed by atoms with Crippen LogP contribution < -0.4 is 29.6 Å². The van der Waals surface area contributed by atoms with Crippen molar-refractivity contribution >= 4 is 54.6 Å². The number of esters is 3. The molecule has 0 bridgehead atoms. The number of carbonyl (C=O) groups is 3. The van der Waals surface area contributed by atoms with Gasteiger partial charge in [0.2, 0.25) is 0 Å². The van der Waals surface area contributed by atoms with E-state index in [0.717, 1.165) is 55.8 Å². The van der Waals surface area contributed by atoms with Crippen molar-refractivity contribution < 1.29 is 107 Å². The van der Waals surface area contributed by atoms with Gasteiger partial charge in [0.05, 0.1) is 49.3 Å². The van der Waals surface area contributed by atoms with Gasteiger partial charge in [-0.15, -0.1) is 0 Å². The van der Waals surface area contributed by atoms with Crippen LogP contribution in [-0.2, 0) is 62.2 Å². The number of benzene rings is 1. The number of aliphatic hydroxyl groups excluding tert-OH is 1. The topological polar surface area (TPSA) is 209 Å². The average molecular weight is 1050 g/mol. The van der Waals surface area contributed by atoms with Crippen molar-refractivity contribution in [3.63, 3.8) is 0 Å². The third-order valence-corrected chi connectivity index (χ3v) is 19.4. The SMILES string of the molecule is CCC(C)(C)C(=O)OCCC[Si](C)(C)O[Si](C)(C)C.CCC(C)(C)C(=O)OCCO.CCC(C)(C)C(=O)OCCOCCOC.CCC(C)c1ccc(S(=O)(=O)[N-]S(=O)(=O)C(F)(F)F)cc1.[Na+]. The van der Waals surface area contributed by atoms with Crippen molar-refractivity contribution in [2.75, 3.05) is 53.4 Å². The molecule has 0 heterocycles. The predicted molar refractivity (Wildman–Crippen MR) is 257 cm³/mol. The standard InChI is InChI=1S/C14H32O3Si2.C11H13F3NO4S2.C11H22O4.C8H16O3.Na/c1-9-14(2,3)13(15)16-11-10-12-19(7,8)17-18(4,5)6;1-3-8(2)9-4-6-10(7-5-9)20(16,17)15-21(18,19)11(12,13)14;1-5-11(2,3)10(12)15-9-8-14-7-6-13-4;1-4-8(2,3)7(10)11-6-5-9;/h9-12H2,1-8H3;4-8H,3H2,1-2H3;5-9H2,1-4H3;9H,4-6H2,1-3H3;/q;-1;;;+1. The Morgan fingerprint density at radius 1 is 0.687 bits per heavy atom. The first-order chi connectivity index (χ1) is 29.9. The molecule has 15 nitrogen and oxygen atoms in total. The van der Waals surface area contributed by atoms with Crippen LogP contribution in [0, 0.1) is 16.2 Å². The first-order valence-corrected chi connectivity index (χ1v) is 31.6. The van der Waals surface area contributed by atoms with Gasteiger partial charge in [0, 0.05) is 12.0 Å². The Morgan fingerprint density at radius 3 is 1.45 bits per heavy atom. The van der Waals surface area contributed by atoms with Crippen LogP contribution in [0.15, 0.2) is 29.2 Å². The van der Waals surface area contributed by atoms with E-state index in [1.54, 1.807) is 7.11 Å². The summed E-state index contributed by atoms with van der Waals surface area (Å²) in [6.07, 6.45) is 4.03. The zero-order chi connectivity index (χ0) is 52.4. The van der Waals surface area contributed by atoms with Crippen molar-refractivity contribution in [1.29, 1.82) is 0 Å². The van der Waals surface area contributed by atoms with Gasteiger partial charge in [-0.25, -0.2) is 16.8 Å². The van der Waals surface area contributed by atoms with Crippen LogP contribution >= 0.6 is 0 Å². The van der Waals surface area contributed by atoms with Crippen molar-refractivity contribution in [3.05, 3.63) is 34.0 Å². The number of hydrogen-bond acceptors (Lipinski definition) is 14. The zero-order valence-electron chi connectivity index (χ0n) is 43.7. The number of methoxy groups -OCH3 is 1. The summed E-state index contributed by atoms with van der Waals surface area (Å²) in [4.78, 5) is 33.8. The van der Waals surface area contributed by atoms with Crippen LogP contribution in [-0.4, -0.2) is 115 Å². The average Bonchev–Trinajstić information content (AvgIpc) is 3.21. The number of sulfonamides is 2. The van der Waals surface area contributed by atoms with Gasteiger partial charge in [-0.2, -0.15) is 13.2 Å².